The number of aromatic nitrogens is 3. The highest BCUT2D eigenvalue weighted by atomic mass is 16.5. The van der Waals surface area contributed by atoms with Crippen molar-refractivity contribution in [1.29, 1.82) is 0 Å². The van der Waals surface area contributed by atoms with Crippen molar-refractivity contribution < 1.29 is 14.6 Å². The molecule has 4 rings (SSSR count). The number of hydrogen-bond donors (Lipinski definition) is 2. The van der Waals surface area contributed by atoms with Crippen molar-refractivity contribution in [2.45, 2.75) is 31.3 Å². The minimum atomic E-state index is -0.562. The zero-order valence-electron chi connectivity index (χ0n) is 15.7. The zero-order valence-corrected chi connectivity index (χ0v) is 15.7. The van der Waals surface area contributed by atoms with Crippen molar-refractivity contribution in [2.24, 2.45) is 0 Å². The number of hydrogen-bond acceptors (Lipinski definition) is 6. The molecule has 3 aromatic rings. The third-order valence-corrected chi connectivity index (χ3v) is 4.95. The first kappa shape index (κ1) is 18.6. The van der Waals surface area contributed by atoms with E-state index < -0.39 is 6.10 Å². The molecule has 0 radical (unpaired) electrons. The summed E-state index contributed by atoms with van der Waals surface area (Å²) in [7, 11) is 1.65. The number of ether oxygens (including phenoxy) is 2. The number of benzene rings is 2. The molecule has 0 aliphatic carbocycles. The van der Waals surface area contributed by atoms with Crippen LogP contribution in [0.15, 0.2) is 60.8 Å². The molecule has 2 heterocycles. The predicted octanol–water partition coefficient (Wildman–Crippen LogP) is 1.87. The maximum Gasteiger partial charge on any atom is 0.119 e. The molecule has 7 nitrogen and oxygen atoms in total. The summed E-state index contributed by atoms with van der Waals surface area (Å²) >= 11 is 0. The van der Waals surface area contributed by atoms with E-state index in [1.165, 1.54) is 0 Å². The fourth-order valence-corrected chi connectivity index (χ4v) is 3.44. The van der Waals surface area contributed by atoms with Crippen molar-refractivity contribution in [3.63, 3.8) is 0 Å². The summed E-state index contributed by atoms with van der Waals surface area (Å²) in [5.74, 6) is 0.815. The van der Waals surface area contributed by atoms with Gasteiger partial charge in [-0.3, -0.25) is 0 Å². The van der Waals surface area contributed by atoms with Gasteiger partial charge < -0.3 is 19.9 Å². The van der Waals surface area contributed by atoms with Crippen molar-refractivity contribution in [1.82, 2.24) is 20.3 Å². The highest BCUT2D eigenvalue weighted by molar-refractivity contribution is 5.57. The van der Waals surface area contributed by atoms with Crippen molar-refractivity contribution in [2.75, 3.05) is 13.7 Å². The molecule has 0 unspecified atom stereocenters. The lowest BCUT2D eigenvalue weighted by molar-refractivity contribution is 0.0741. The molecule has 2 aromatic carbocycles. The molecular weight excluding hydrogens is 356 g/mol. The Hall–Kier alpha value is -2.74. The minimum absolute atomic E-state index is 0.185. The Labute approximate surface area is 163 Å². The van der Waals surface area contributed by atoms with Crippen LogP contribution in [0.4, 0.5) is 0 Å². The van der Waals surface area contributed by atoms with E-state index in [1.54, 1.807) is 11.8 Å². The van der Waals surface area contributed by atoms with E-state index in [4.69, 9.17) is 9.47 Å². The number of aliphatic hydroxyl groups is 1. The Morgan fingerprint density at radius 3 is 2.89 bits per heavy atom. The molecule has 146 valence electrons. The lowest BCUT2D eigenvalue weighted by Crippen LogP contribution is -2.45. The van der Waals surface area contributed by atoms with Gasteiger partial charge in [-0.05, 0) is 17.7 Å². The summed E-state index contributed by atoms with van der Waals surface area (Å²) in [5.41, 5.74) is 2.93. The van der Waals surface area contributed by atoms with E-state index in [9.17, 15) is 5.11 Å². The van der Waals surface area contributed by atoms with Gasteiger partial charge in [0.1, 0.15) is 11.4 Å². The summed E-state index contributed by atoms with van der Waals surface area (Å²) < 4.78 is 12.8. The second-order valence-corrected chi connectivity index (χ2v) is 6.89. The van der Waals surface area contributed by atoms with Crippen LogP contribution < -0.4 is 10.1 Å². The molecule has 1 aromatic heterocycles. The molecule has 3 atom stereocenters. The first-order valence-corrected chi connectivity index (χ1v) is 9.34. The van der Waals surface area contributed by atoms with E-state index in [2.05, 4.69) is 15.6 Å². The number of methoxy groups -OCH3 is 1. The summed E-state index contributed by atoms with van der Waals surface area (Å²) in [6.45, 7) is 1.44. The van der Waals surface area contributed by atoms with Crippen molar-refractivity contribution in [3.05, 3.63) is 66.4 Å². The van der Waals surface area contributed by atoms with Crippen LogP contribution in [-0.4, -0.2) is 52.1 Å². The molecule has 1 fully saturated rings. The van der Waals surface area contributed by atoms with Crippen LogP contribution >= 0.6 is 0 Å². The quantitative estimate of drug-likeness (QED) is 0.651. The fraction of sp³-hybridized carbons (Fsp3) is 0.333. The standard InChI is InChI=1S/C21H24N4O3/c1-27-17-9-5-6-15(10-17)11-22-21-19(26)14-28-20(21)13-25-12-18(23-24-25)16-7-3-2-4-8-16/h2-10,12,19-22,26H,11,13-14H2,1H3/t19-,20+,21+/m0/s1. The SMILES string of the molecule is COc1cccc(CN[C@@H]2[C@@H](O)CO[C@@H]2Cn2cc(-c3ccccc3)nn2)c1. The largest absolute Gasteiger partial charge is 0.497 e. The van der Waals surface area contributed by atoms with Gasteiger partial charge >= 0.3 is 0 Å². The second kappa shape index (κ2) is 8.52. The Morgan fingerprint density at radius 2 is 2.07 bits per heavy atom. The monoisotopic (exact) mass is 380 g/mol. The Kier molecular flexibility index (Phi) is 5.66. The average molecular weight is 380 g/mol. The minimum Gasteiger partial charge on any atom is -0.497 e. The van der Waals surface area contributed by atoms with E-state index in [0.717, 1.165) is 22.6 Å². The molecular formula is C21H24N4O3. The number of rotatable bonds is 7. The van der Waals surface area contributed by atoms with Crippen LogP contribution in [-0.2, 0) is 17.8 Å². The van der Waals surface area contributed by atoms with Crippen LogP contribution in [0.1, 0.15) is 5.56 Å². The van der Waals surface area contributed by atoms with E-state index in [-0.39, 0.29) is 12.1 Å². The first-order valence-electron chi connectivity index (χ1n) is 9.34. The third-order valence-electron chi connectivity index (χ3n) is 4.95. The van der Waals surface area contributed by atoms with Gasteiger partial charge in [0.25, 0.3) is 0 Å². The highest BCUT2D eigenvalue weighted by Gasteiger charge is 2.36. The molecule has 7 heteroatoms. The average Bonchev–Trinajstić information content (AvgIpc) is 3.34. The molecule has 2 N–H and O–H groups in total. The molecule has 1 aliphatic rings. The number of aliphatic hydroxyl groups excluding tert-OH is 1. The third kappa shape index (κ3) is 4.22. The Morgan fingerprint density at radius 1 is 1.21 bits per heavy atom. The lowest BCUT2D eigenvalue weighted by atomic mass is 10.1. The number of nitrogens with one attached hydrogen (secondary N) is 1. The molecule has 0 bridgehead atoms. The van der Waals surface area contributed by atoms with Gasteiger partial charge in [0.15, 0.2) is 0 Å². The molecule has 0 amide bonds. The van der Waals surface area contributed by atoms with Crippen LogP contribution in [0.3, 0.4) is 0 Å². The van der Waals surface area contributed by atoms with Gasteiger partial charge in [-0.2, -0.15) is 0 Å². The van der Waals surface area contributed by atoms with Crippen LogP contribution in [0.25, 0.3) is 11.3 Å². The Balaban J connectivity index is 1.40. The highest BCUT2D eigenvalue weighted by Crippen LogP contribution is 2.20. The number of nitrogens with zero attached hydrogens (tertiary/aromatic N) is 3. The zero-order chi connectivity index (χ0) is 19.3. The van der Waals surface area contributed by atoms with E-state index in [1.807, 2.05) is 60.8 Å². The lowest BCUT2D eigenvalue weighted by Gasteiger charge is -2.21. The summed E-state index contributed by atoms with van der Waals surface area (Å²) in [6.07, 6.45) is 1.15. The van der Waals surface area contributed by atoms with Gasteiger partial charge in [-0.15, -0.1) is 5.10 Å². The summed E-state index contributed by atoms with van der Waals surface area (Å²) in [5, 5.41) is 22.2. The second-order valence-electron chi connectivity index (χ2n) is 6.89. The maximum absolute atomic E-state index is 10.3. The van der Waals surface area contributed by atoms with Crippen molar-refractivity contribution >= 4 is 0 Å². The van der Waals surface area contributed by atoms with Gasteiger partial charge in [-0.25, -0.2) is 4.68 Å². The smallest absolute Gasteiger partial charge is 0.119 e. The van der Waals surface area contributed by atoms with Gasteiger partial charge in [0.2, 0.25) is 0 Å². The van der Waals surface area contributed by atoms with Gasteiger partial charge in [0.05, 0.1) is 44.7 Å². The normalized spacial score (nSPS) is 21.7. The molecule has 0 spiro atoms. The van der Waals surface area contributed by atoms with Crippen LogP contribution in [0, 0.1) is 0 Å². The molecule has 0 saturated carbocycles. The molecule has 1 aliphatic heterocycles. The van der Waals surface area contributed by atoms with Gasteiger partial charge in [0, 0.05) is 12.1 Å². The first-order chi connectivity index (χ1) is 13.7. The topological polar surface area (TPSA) is 81.4 Å². The van der Waals surface area contributed by atoms with Crippen LogP contribution in [0.5, 0.6) is 5.75 Å². The molecule has 1 saturated heterocycles. The predicted molar refractivity (Wildman–Crippen MR) is 105 cm³/mol. The summed E-state index contributed by atoms with van der Waals surface area (Å²) in [4.78, 5) is 0. The fourth-order valence-electron chi connectivity index (χ4n) is 3.44. The maximum atomic E-state index is 10.3. The van der Waals surface area contributed by atoms with E-state index in [0.29, 0.717) is 19.7 Å². The van der Waals surface area contributed by atoms with Gasteiger partial charge in [-0.1, -0.05) is 47.7 Å². The Bertz CT molecular complexity index is 899. The summed E-state index contributed by atoms with van der Waals surface area (Å²) in [6, 6.07) is 17.6. The van der Waals surface area contributed by atoms with Crippen LogP contribution in [0.2, 0.25) is 0 Å². The van der Waals surface area contributed by atoms with E-state index >= 15 is 0 Å². The molecule has 28 heavy (non-hydrogen) atoms. The van der Waals surface area contributed by atoms with Crippen molar-refractivity contribution in [3.8, 4) is 17.0 Å².